The highest BCUT2D eigenvalue weighted by Gasteiger charge is 2.45. The monoisotopic (exact) mass is 334 g/mol. The van der Waals surface area contributed by atoms with Gasteiger partial charge in [0.2, 0.25) is 0 Å². The molecule has 2 aliphatic rings. The lowest BCUT2D eigenvalue weighted by Gasteiger charge is -2.50. The Bertz CT molecular complexity index is 580. The van der Waals surface area contributed by atoms with Gasteiger partial charge in [0.25, 0.3) is 5.91 Å². The van der Waals surface area contributed by atoms with Crippen molar-refractivity contribution in [3.8, 4) is 0 Å². The zero-order chi connectivity index (χ0) is 17.3. The zero-order valence-electron chi connectivity index (χ0n) is 14.8. The number of nitrogens with zero attached hydrogens (tertiary/aromatic N) is 2. The Morgan fingerprint density at radius 1 is 1.25 bits per heavy atom. The van der Waals surface area contributed by atoms with Crippen molar-refractivity contribution in [3.63, 3.8) is 0 Å². The summed E-state index contributed by atoms with van der Waals surface area (Å²) < 4.78 is 19.2. The molecule has 0 radical (unpaired) electrons. The molecule has 2 fully saturated rings. The second kappa shape index (κ2) is 6.81. The molecule has 3 rings (SSSR count). The maximum absolute atomic E-state index is 13.0. The number of ether oxygens (including phenoxy) is 1. The van der Waals surface area contributed by atoms with Crippen LogP contribution in [0.25, 0.3) is 0 Å². The number of amides is 1. The van der Waals surface area contributed by atoms with Crippen LogP contribution in [0.3, 0.4) is 0 Å². The summed E-state index contributed by atoms with van der Waals surface area (Å²) in [6.07, 6.45) is 1.49. The van der Waals surface area contributed by atoms with Crippen molar-refractivity contribution < 1.29 is 13.9 Å². The summed E-state index contributed by atoms with van der Waals surface area (Å²) in [5.74, 6) is -0.0937. The second-order valence-electron chi connectivity index (χ2n) is 7.41. The third kappa shape index (κ3) is 3.62. The predicted octanol–water partition coefficient (Wildman–Crippen LogP) is 2.82. The first-order valence-corrected chi connectivity index (χ1v) is 8.84. The fourth-order valence-corrected chi connectivity index (χ4v) is 3.76. The second-order valence-corrected chi connectivity index (χ2v) is 7.41. The van der Waals surface area contributed by atoms with Crippen molar-refractivity contribution in [2.75, 3.05) is 19.6 Å². The SMILES string of the molecule is CC(C)N1CC2(CCN(Cc3ccc(F)cc3)CC2)O[C@@H](C)C1=O. The number of morpholine rings is 1. The summed E-state index contributed by atoms with van der Waals surface area (Å²) in [4.78, 5) is 16.6. The van der Waals surface area contributed by atoms with Crippen LogP contribution in [0.5, 0.6) is 0 Å². The predicted molar refractivity (Wildman–Crippen MR) is 91.0 cm³/mol. The fraction of sp³-hybridized carbons (Fsp3) is 0.632. The normalized spacial score (nSPS) is 24.8. The fourth-order valence-electron chi connectivity index (χ4n) is 3.76. The molecule has 0 N–H and O–H groups in total. The summed E-state index contributed by atoms with van der Waals surface area (Å²) in [5.41, 5.74) is 0.918. The first kappa shape index (κ1) is 17.4. The summed E-state index contributed by atoms with van der Waals surface area (Å²) in [6, 6.07) is 6.92. The van der Waals surface area contributed by atoms with E-state index in [2.05, 4.69) is 18.7 Å². The number of rotatable bonds is 3. The van der Waals surface area contributed by atoms with Crippen LogP contribution in [0.4, 0.5) is 4.39 Å². The minimum absolute atomic E-state index is 0.101. The van der Waals surface area contributed by atoms with E-state index < -0.39 is 0 Å². The van der Waals surface area contributed by atoms with Crippen LogP contribution in [0.2, 0.25) is 0 Å². The zero-order valence-corrected chi connectivity index (χ0v) is 14.8. The van der Waals surface area contributed by atoms with Gasteiger partial charge in [-0.3, -0.25) is 9.69 Å². The van der Waals surface area contributed by atoms with Crippen molar-refractivity contribution in [1.82, 2.24) is 9.80 Å². The highest BCUT2D eigenvalue weighted by atomic mass is 19.1. The molecule has 1 amide bonds. The molecule has 2 saturated heterocycles. The standard InChI is InChI=1S/C19H27FN2O2/c1-14(2)22-13-19(24-15(3)18(22)23)8-10-21(11-9-19)12-16-4-6-17(20)7-5-16/h4-7,14-15H,8-13H2,1-3H3/t15-/m0/s1. The number of carbonyl (C=O) groups is 1. The minimum atomic E-state index is -0.357. The Kier molecular flexibility index (Phi) is 4.92. The van der Waals surface area contributed by atoms with E-state index in [1.54, 1.807) is 0 Å². The largest absolute Gasteiger partial charge is 0.360 e. The number of hydrogen-bond donors (Lipinski definition) is 0. The highest BCUT2D eigenvalue weighted by Crippen LogP contribution is 2.34. The molecule has 132 valence electrons. The maximum atomic E-state index is 13.0. The van der Waals surface area contributed by atoms with Crippen molar-refractivity contribution >= 4 is 5.91 Å². The van der Waals surface area contributed by atoms with E-state index in [4.69, 9.17) is 4.74 Å². The smallest absolute Gasteiger partial charge is 0.251 e. The van der Waals surface area contributed by atoms with Crippen molar-refractivity contribution in [3.05, 3.63) is 35.6 Å². The number of benzene rings is 1. The molecule has 1 atom stereocenters. The molecule has 2 aliphatic heterocycles. The Hall–Kier alpha value is -1.46. The van der Waals surface area contributed by atoms with Gasteiger partial charge in [-0.25, -0.2) is 4.39 Å². The molecule has 2 heterocycles. The number of piperidine rings is 1. The molecule has 4 nitrogen and oxygen atoms in total. The van der Waals surface area contributed by atoms with Crippen LogP contribution >= 0.6 is 0 Å². The van der Waals surface area contributed by atoms with E-state index in [1.165, 1.54) is 12.1 Å². The average Bonchev–Trinajstić information content (AvgIpc) is 2.55. The lowest BCUT2D eigenvalue weighted by atomic mass is 9.87. The quantitative estimate of drug-likeness (QED) is 0.852. The number of carbonyl (C=O) groups excluding carboxylic acids is 1. The van der Waals surface area contributed by atoms with Gasteiger partial charge in [-0.1, -0.05) is 12.1 Å². The van der Waals surface area contributed by atoms with Gasteiger partial charge in [0.05, 0.1) is 12.1 Å². The van der Waals surface area contributed by atoms with Crippen LogP contribution in [0.1, 0.15) is 39.2 Å². The Morgan fingerprint density at radius 2 is 1.88 bits per heavy atom. The maximum Gasteiger partial charge on any atom is 0.251 e. The van der Waals surface area contributed by atoms with Crippen molar-refractivity contribution in [2.24, 2.45) is 0 Å². The van der Waals surface area contributed by atoms with Gasteiger partial charge in [0.1, 0.15) is 11.9 Å². The van der Waals surface area contributed by atoms with Crippen LogP contribution in [0, 0.1) is 5.82 Å². The summed E-state index contributed by atoms with van der Waals surface area (Å²) in [6.45, 7) is 9.38. The Balaban J connectivity index is 1.61. The molecule has 5 heteroatoms. The lowest BCUT2D eigenvalue weighted by Crippen LogP contribution is -2.62. The van der Waals surface area contributed by atoms with Gasteiger partial charge in [0, 0.05) is 25.7 Å². The molecule has 0 aliphatic carbocycles. The van der Waals surface area contributed by atoms with Gasteiger partial charge in [-0.05, 0) is 51.3 Å². The Labute approximate surface area is 143 Å². The summed E-state index contributed by atoms with van der Waals surface area (Å²) in [7, 11) is 0. The molecule has 0 bridgehead atoms. The van der Waals surface area contributed by atoms with Crippen molar-refractivity contribution in [1.29, 1.82) is 0 Å². The number of hydrogen-bond acceptors (Lipinski definition) is 3. The van der Waals surface area contributed by atoms with Crippen molar-refractivity contribution in [2.45, 2.75) is 57.9 Å². The van der Waals surface area contributed by atoms with Crippen LogP contribution in [-0.4, -0.2) is 53.1 Å². The van der Waals surface area contributed by atoms with Gasteiger partial charge in [0.15, 0.2) is 0 Å². The molecular weight excluding hydrogens is 307 g/mol. The average molecular weight is 334 g/mol. The molecule has 1 aromatic carbocycles. The topological polar surface area (TPSA) is 32.8 Å². The minimum Gasteiger partial charge on any atom is -0.360 e. The third-order valence-electron chi connectivity index (χ3n) is 5.23. The Morgan fingerprint density at radius 3 is 2.46 bits per heavy atom. The molecular formula is C19H27FN2O2. The van der Waals surface area contributed by atoms with E-state index in [0.29, 0.717) is 6.54 Å². The van der Waals surface area contributed by atoms with E-state index in [-0.39, 0.29) is 29.5 Å². The van der Waals surface area contributed by atoms with E-state index in [9.17, 15) is 9.18 Å². The van der Waals surface area contributed by atoms with Crippen LogP contribution in [0.15, 0.2) is 24.3 Å². The van der Waals surface area contributed by atoms with Gasteiger partial charge >= 0.3 is 0 Å². The molecule has 1 spiro atoms. The third-order valence-corrected chi connectivity index (χ3v) is 5.23. The summed E-state index contributed by atoms with van der Waals surface area (Å²) >= 11 is 0. The molecule has 0 unspecified atom stereocenters. The van der Waals surface area contributed by atoms with Crippen LogP contribution < -0.4 is 0 Å². The van der Waals surface area contributed by atoms with E-state index >= 15 is 0 Å². The first-order chi connectivity index (χ1) is 11.4. The summed E-state index contributed by atoms with van der Waals surface area (Å²) in [5, 5.41) is 0. The molecule has 0 saturated carbocycles. The van der Waals surface area contributed by atoms with E-state index in [1.807, 2.05) is 24.0 Å². The van der Waals surface area contributed by atoms with Crippen LogP contribution in [-0.2, 0) is 16.1 Å². The number of likely N-dealkylation sites (tertiary alicyclic amines) is 1. The number of halogens is 1. The first-order valence-electron chi connectivity index (χ1n) is 8.84. The van der Waals surface area contributed by atoms with Gasteiger partial charge < -0.3 is 9.64 Å². The molecule has 24 heavy (non-hydrogen) atoms. The van der Waals surface area contributed by atoms with Gasteiger partial charge in [-0.2, -0.15) is 0 Å². The molecule has 0 aromatic heterocycles. The van der Waals surface area contributed by atoms with E-state index in [0.717, 1.165) is 38.0 Å². The molecule has 1 aromatic rings. The highest BCUT2D eigenvalue weighted by molar-refractivity contribution is 5.81. The lowest BCUT2D eigenvalue weighted by molar-refractivity contribution is -0.193. The van der Waals surface area contributed by atoms with Gasteiger partial charge in [-0.15, -0.1) is 0 Å².